The van der Waals surface area contributed by atoms with Gasteiger partial charge in [-0.25, -0.2) is 0 Å². The minimum absolute atomic E-state index is 0.0231. The summed E-state index contributed by atoms with van der Waals surface area (Å²) in [7, 11) is 1.68. The predicted octanol–water partition coefficient (Wildman–Crippen LogP) is 2.27. The number of hydrazine groups is 1. The predicted molar refractivity (Wildman–Crippen MR) is 62.6 cm³/mol. The van der Waals surface area contributed by atoms with E-state index in [1.807, 2.05) is 24.3 Å². The lowest BCUT2D eigenvalue weighted by Gasteiger charge is -2.25. The van der Waals surface area contributed by atoms with Crippen molar-refractivity contribution in [1.82, 2.24) is 5.43 Å². The Balaban J connectivity index is 2.96. The third kappa shape index (κ3) is 2.92. The molecule has 2 atom stereocenters. The lowest BCUT2D eigenvalue weighted by atomic mass is 10.0. The quantitative estimate of drug-likeness (QED) is 0.601. The Morgan fingerprint density at radius 1 is 1.47 bits per heavy atom. The molecule has 1 rings (SSSR count). The average Bonchev–Trinajstić information content (AvgIpc) is 2.27. The van der Waals surface area contributed by atoms with Crippen LogP contribution in [0.1, 0.15) is 24.9 Å². The molecule has 0 saturated carbocycles. The van der Waals surface area contributed by atoms with Crippen molar-refractivity contribution in [2.24, 2.45) is 5.84 Å². The third-order valence-corrected chi connectivity index (χ3v) is 2.84. The van der Waals surface area contributed by atoms with Gasteiger partial charge in [-0.3, -0.25) is 11.3 Å². The molecule has 4 heteroatoms. The maximum atomic E-state index is 6.10. The van der Waals surface area contributed by atoms with Crippen molar-refractivity contribution in [2.75, 3.05) is 7.11 Å². The Morgan fingerprint density at radius 2 is 2.13 bits per heavy atom. The van der Waals surface area contributed by atoms with Gasteiger partial charge in [-0.15, -0.1) is 0 Å². The van der Waals surface area contributed by atoms with Gasteiger partial charge in [0.1, 0.15) is 0 Å². The molecule has 0 spiro atoms. The Labute approximate surface area is 95.5 Å². The molecule has 15 heavy (non-hydrogen) atoms. The van der Waals surface area contributed by atoms with E-state index in [0.29, 0.717) is 5.02 Å². The maximum Gasteiger partial charge on any atom is 0.0776 e. The first-order valence-corrected chi connectivity index (χ1v) is 5.35. The molecule has 3 nitrogen and oxygen atoms in total. The molecule has 3 N–H and O–H groups in total. The Morgan fingerprint density at radius 3 is 2.60 bits per heavy atom. The second-order valence-electron chi connectivity index (χ2n) is 3.35. The van der Waals surface area contributed by atoms with Gasteiger partial charge in [0.15, 0.2) is 0 Å². The molecule has 84 valence electrons. The van der Waals surface area contributed by atoms with Crippen molar-refractivity contribution in [3.63, 3.8) is 0 Å². The number of nitrogens with two attached hydrogens (primary N) is 1. The summed E-state index contributed by atoms with van der Waals surface area (Å²) in [5.41, 5.74) is 3.72. The van der Waals surface area contributed by atoms with Gasteiger partial charge in [-0.1, -0.05) is 36.7 Å². The normalized spacial score (nSPS) is 14.9. The summed E-state index contributed by atoms with van der Waals surface area (Å²) in [6, 6.07) is 7.56. The van der Waals surface area contributed by atoms with Gasteiger partial charge in [-0.2, -0.15) is 0 Å². The Bertz CT molecular complexity index is 302. The lowest BCUT2D eigenvalue weighted by molar-refractivity contribution is 0.0651. The van der Waals surface area contributed by atoms with E-state index in [0.717, 1.165) is 12.0 Å². The molecule has 0 aliphatic rings. The molecule has 0 fully saturated rings. The summed E-state index contributed by atoms with van der Waals surface area (Å²) in [5.74, 6) is 5.54. The first-order chi connectivity index (χ1) is 7.24. The molecular formula is C11H17ClN2O. The van der Waals surface area contributed by atoms with Crippen LogP contribution in [-0.4, -0.2) is 13.2 Å². The van der Waals surface area contributed by atoms with Crippen molar-refractivity contribution < 1.29 is 4.74 Å². The van der Waals surface area contributed by atoms with Gasteiger partial charge < -0.3 is 4.74 Å². The zero-order valence-corrected chi connectivity index (χ0v) is 9.79. The highest BCUT2D eigenvalue weighted by atomic mass is 35.5. The Hall–Kier alpha value is -0.610. The van der Waals surface area contributed by atoms with Crippen LogP contribution in [0.5, 0.6) is 0 Å². The first kappa shape index (κ1) is 12.5. The minimum Gasteiger partial charge on any atom is -0.379 e. The molecule has 1 aromatic rings. The number of rotatable bonds is 5. The van der Waals surface area contributed by atoms with Gasteiger partial charge >= 0.3 is 0 Å². The van der Waals surface area contributed by atoms with E-state index in [2.05, 4.69) is 12.3 Å². The second kappa shape index (κ2) is 6.08. The third-order valence-electron chi connectivity index (χ3n) is 2.50. The van der Waals surface area contributed by atoms with E-state index in [-0.39, 0.29) is 12.1 Å². The fraction of sp³-hybridized carbons (Fsp3) is 0.455. The number of hydrogen-bond acceptors (Lipinski definition) is 3. The fourth-order valence-corrected chi connectivity index (χ4v) is 1.92. The van der Waals surface area contributed by atoms with Crippen LogP contribution in [0, 0.1) is 0 Å². The van der Waals surface area contributed by atoms with Crippen LogP contribution < -0.4 is 11.3 Å². The van der Waals surface area contributed by atoms with Crippen molar-refractivity contribution in [3.8, 4) is 0 Å². The summed E-state index contributed by atoms with van der Waals surface area (Å²) in [6.07, 6.45) is 0.895. The zero-order valence-electron chi connectivity index (χ0n) is 9.03. The van der Waals surface area contributed by atoms with Crippen LogP contribution in [0.2, 0.25) is 5.02 Å². The highest BCUT2D eigenvalue weighted by Gasteiger charge is 2.21. The van der Waals surface area contributed by atoms with E-state index in [4.69, 9.17) is 22.2 Å². The topological polar surface area (TPSA) is 47.3 Å². The van der Waals surface area contributed by atoms with Gasteiger partial charge in [0, 0.05) is 12.1 Å². The molecule has 0 heterocycles. The van der Waals surface area contributed by atoms with Crippen LogP contribution in [-0.2, 0) is 4.74 Å². The van der Waals surface area contributed by atoms with Crippen LogP contribution in [0.3, 0.4) is 0 Å². The van der Waals surface area contributed by atoms with Gasteiger partial charge in [-0.05, 0) is 18.1 Å². The second-order valence-corrected chi connectivity index (χ2v) is 3.76. The number of ether oxygens (including phenoxy) is 1. The molecular weight excluding hydrogens is 212 g/mol. The van der Waals surface area contributed by atoms with E-state index in [1.165, 1.54) is 0 Å². The smallest absolute Gasteiger partial charge is 0.0776 e. The number of benzene rings is 1. The maximum absolute atomic E-state index is 6.10. The van der Waals surface area contributed by atoms with Crippen molar-refractivity contribution >= 4 is 11.6 Å². The number of nitrogens with one attached hydrogen (secondary N) is 1. The number of methoxy groups -OCH3 is 1. The lowest BCUT2D eigenvalue weighted by Crippen LogP contribution is -2.37. The largest absolute Gasteiger partial charge is 0.379 e. The minimum atomic E-state index is -0.0753. The molecule has 0 aliphatic carbocycles. The highest BCUT2D eigenvalue weighted by molar-refractivity contribution is 6.31. The monoisotopic (exact) mass is 228 g/mol. The van der Waals surface area contributed by atoms with Gasteiger partial charge in [0.2, 0.25) is 0 Å². The van der Waals surface area contributed by atoms with E-state index in [1.54, 1.807) is 7.11 Å². The Kier molecular flexibility index (Phi) is 5.05. The van der Waals surface area contributed by atoms with Gasteiger partial charge in [0.05, 0.1) is 12.1 Å². The van der Waals surface area contributed by atoms with Crippen LogP contribution in [0.15, 0.2) is 24.3 Å². The fourth-order valence-electron chi connectivity index (χ4n) is 1.66. The molecule has 0 bridgehead atoms. The van der Waals surface area contributed by atoms with Gasteiger partial charge in [0.25, 0.3) is 0 Å². The average molecular weight is 229 g/mol. The summed E-state index contributed by atoms with van der Waals surface area (Å²) in [5, 5.41) is 0.705. The van der Waals surface area contributed by atoms with E-state index < -0.39 is 0 Å². The molecule has 0 aliphatic heterocycles. The molecule has 0 radical (unpaired) electrons. The summed E-state index contributed by atoms with van der Waals surface area (Å²) in [6.45, 7) is 2.05. The standard InChI is InChI=1S/C11H17ClN2O/c1-3-10(15-2)11(14-13)8-6-4-5-7-9(8)12/h4-7,10-11,14H,3,13H2,1-2H3. The summed E-state index contributed by atoms with van der Waals surface area (Å²) in [4.78, 5) is 0. The molecule has 0 saturated heterocycles. The summed E-state index contributed by atoms with van der Waals surface area (Å²) >= 11 is 6.10. The number of hydrogen-bond donors (Lipinski definition) is 2. The van der Waals surface area contributed by atoms with E-state index in [9.17, 15) is 0 Å². The van der Waals surface area contributed by atoms with Crippen molar-refractivity contribution in [3.05, 3.63) is 34.9 Å². The van der Waals surface area contributed by atoms with Crippen LogP contribution in [0.25, 0.3) is 0 Å². The first-order valence-electron chi connectivity index (χ1n) is 4.97. The molecule has 2 unspecified atom stereocenters. The highest BCUT2D eigenvalue weighted by Crippen LogP contribution is 2.26. The molecule has 1 aromatic carbocycles. The zero-order chi connectivity index (χ0) is 11.3. The van der Waals surface area contributed by atoms with Crippen molar-refractivity contribution in [2.45, 2.75) is 25.5 Å². The number of halogens is 1. The summed E-state index contributed by atoms with van der Waals surface area (Å²) < 4.78 is 5.36. The molecule has 0 amide bonds. The van der Waals surface area contributed by atoms with Crippen molar-refractivity contribution in [1.29, 1.82) is 0 Å². The molecule has 0 aromatic heterocycles. The SMILES string of the molecule is CCC(OC)C(NN)c1ccccc1Cl. The van der Waals surface area contributed by atoms with Crippen LogP contribution >= 0.6 is 11.6 Å². The van der Waals surface area contributed by atoms with E-state index >= 15 is 0 Å². The van der Waals surface area contributed by atoms with Crippen LogP contribution in [0.4, 0.5) is 0 Å².